The molecule has 1 amide bonds. The van der Waals surface area contributed by atoms with Gasteiger partial charge >= 0.3 is 5.97 Å². The Morgan fingerprint density at radius 3 is 2.79 bits per heavy atom. The van der Waals surface area contributed by atoms with E-state index in [0.29, 0.717) is 11.4 Å². The van der Waals surface area contributed by atoms with Gasteiger partial charge in [-0.2, -0.15) is 0 Å². The average Bonchev–Trinajstić information content (AvgIpc) is 2.58. The summed E-state index contributed by atoms with van der Waals surface area (Å²) < 4.78 is 23.1. The number of hydrogen-bond acceptors (Lipinski definition) is 5. The zero-order valence-electron chi connectivity index (χ0n) is 12.4. The van der Waals surface area contributed by atoms with Crippen molar-refractivity contribution in [2.45, 2.75) is 0 Å². The van der Waals surface area contributed by atoms with E-state index in [-0.39, 0.29) is 23.6 Å². The standard InChI is InChI=1S/C17H12FNO5/c18-12-3-1-2-11(6-12)17(22)24-8-14(20)10-4-5-15-13(7-10)19-16(21)9-23-15/h1-7H,8-9H2,(H,19,21). The lowest BCUT2D eigenvalue weighted by molar-refractivity contribution is -0.118. The molecule has 0 aromatic heterocycles. The first-order valence-corrected chi connectivity index (χ1v) is 7.05. The van der Waals surface area contributed by atoms with Crippen molar-refractivity contribution in [3.63, 3.8) is 0 Å². The van der Waals surface area contributed by atoms with Gasteiger partial charge in [0.1, 0.15) is 11.6 Å². The SMILES string of the molecule is O=C1COc2ccc(C(=O)COC(=O)c3cccc(F)c3)cc2N1. The fourth-order valence-corrected chi connectivity index (χ4v) is 2.17. The number of halogens is 1. The number of benzene rings is 2. The summed E-state index contributed by atoms with van der Waals surface area (Å²) in [5.74, 6) is -1.67. The van der Waals surface area contributed by atoms with Crippen LogP contribution in [0.25, 0.3) is 0 Å². The average molecular weight is 329 g/mol. The third-order valence-electron chi connectivity index (χ3n) is 3.33. The molecule has 0 atom stereocenters. The van der Waals surface area contributed by atoms with Gasteiger partial charge in [-0.1, -0.05) is 6.07 Å². The van der Waals surface area contributed by atoms with Crippen LogP contribution in [0.2, 0.25) is 0 Å². The highest BCUT2D eigenvalue weighted by Crippen LogP contribution is 2.28. The molecule has 24 heavy (non-hydrogen) atoms. The normalized spacial score (nSPS) is 12.6. The minimum absolute atomic E-state index is 0.0221. The molecule has 0 saturated heterocycles. The molecule has 6 nitrogen and oxygen atoms in total. The number of ketones is 1. The predicted octanol–water partition coefficient (Wildman–Crippen LogP) is 2.20. The van der Waals surface area contributed by atoms with Gasteiger partial charge in [-0.05, 0) is 36.4 Å². The number of carbonyl (C=O) groups is 3. The lowest BCUT2D eigenvalue weighted by atomic mass is 10.1. The van der Waals surface area contributed by atoms with E-state index < -0.39 is 24.2 Å². The quantitative estimate of drug-likeness (QED) is 0.687. The van der Waals surface area contributed by atoms with E-state index in [4.69, 9.17) is 9.47 Å². The first-order chi connectivity index (χ1) is 11.5. The molecule has 1 heterocycles. The highest BCUT2D eigenvalue weighted by Gasteiger charge is 2.18. The van der Waals surface area contributed by atoms with Crippen molar-refractivity contribution in [3.05, 3.63) is 59.4 Å². The van der Waals surface area contributed by atoms with Crippen molar-refractivity contribution in [3.8, 4) is 5.75 Å². The van der Waals surface area contributed by atoms with Crippen LogP contribution < -0.4 is 10.1 Å². The Morgan fingerprint density at radius 1 is 1.17 bits per heavy atom. The maximum absolute atomic E-state index is 13.1. The smallest absolute Gasteiger partial charge is 0.338 e. The molecular weight excluding hydrogens is 317 g/mol. The molecule has 1 aliphatic rings. The Morgan fingerprint density at radius 2 is 2.00 bits per heavy atom. The van der Waals surface area contributed by atoms with Crippen LogP contribution in [0.5, 0.6) is 5.75 Å². The number of anilines is 1. The summed E-state index contributed by atoms with van der Waals surface area (Å²) in [5, 5.41) is 2.59. The van der Waals surface area contributed by atoms with Crippen molar-refractivity contribution < 1.29 is 28.2 Å². The van der Waals surface area contributed by atoms with Crippen molar-refractivity contribution in [2.24, 2.45) is 0 Å². The van der Waals surface area contributed by atoms with Crippen molar-refractivity contribution in [1.82, 2.24) is 0 Å². The first-order valence-electron chi connectivity index (χ1n) is 7.05. The van der Waals surface area contributed by atoms with Crippen molar-refractivity contribution >= 4 is 23.3 Å². The van der Waals surface area contributed by atoms with Crippen LogP contribution in [0.1, 0.15) is 20.7 Å². The number of ether oxygens (including phenoxy) is 2. The number of nitrogens with one attached hydrogen (secondary N) is 1. The second-order valence-corrected chi connectivity index (χ2v) is 5.06. The highest BCUT2D eigenvalue weighted by atomic mass is 19.1. The summed E-state index contributed by atoms with van der Waals surface area (Å²) in [5.41, 5.74) is 0.661. The topological polar surface area (TPSA) is 81.7 Å². The summed E-state index contributed by atoms with van der Waals surface area (Å²) in [6.07, 6.45) is 0. The number of esters is 1. The Labute approximate surface area is 136 Å². The molecule has 1 N–H and O–H groups in total. The number of amides is 1. The Bertz CT molecular complexity index is 833. The predicted molar refractivity (Wildman–Crippen MR) is 81.6 cm³/mol. The number of fused-ring (bicyclic) bond motifs is 1. The Balaban J connectivity index is 1.66. The third-order valence-corrected chi connectivity index (χ3v) is 3.33. The van der Waals surface area contributed by atoms with Crippen LogP contribution in [-0.2, 0) is 9.53 Å². The van der Waals surface area contributed by atoms with E-state index in [2.05, 4.69) is 5.32 Å². The molecule has 0 radical (unpaired) electrons. The molecule has 0 saturated carbocycles. The maximum atomic E-state index is 13.1. The van der Waals surface area contributed by atoms with Gasteiger partial charge < -0.3 is 14.8 Å². The fraction of sp³-hybridized carbons (Fsp3) is 0.118. The number of hydrogen-bond donors (Lipinski definition) is 1. The highest BCUT2D eigenvalue weighted by molar-refractivity contribution is 6.02. The Kier molecular flexibility index (Phi) is 4.24. The van der Waals surface area contributed by atoms with Crippen molar-refractivity contribution in [2.75, 3.05) is 18.5 Å². The summed E-state index contributed by atoms with van der Waals surface area (Å²) >= 11 is 0. The summed E-state index contributed by atoms with van der Waals surface area (Å²) in [4.78, 5) is 35.2. The maximum Gasteiger partial charge on any atom is 0.338 e. The van der Waals surface area contributed by atoms with E-state index in [1.807, 2.05) is 0 Å². The minimum Gasteiger partial charge on any atom is -0.482 e. The van der Waals surface area contributed by atoms with E-state index in [9.17, 15) is 18.8 Å². The molecule has 2 aromatic carbocycles. The lowest BCUT2D eigenvalue weighted by Gasteiger charge is -2.18. The van der Waals surface area contributed by atoms with Crippen LogP contribution in [0.3, 0.4) is 0 Å². The number of carbonyl (C=O) groups excluding carboxylic acids is 3. The van der Waals surface area contributed by atoms with Gasteiger partial charge in [-0.3, -0.25) is 9.59 Å². The molecule has 0 fully saturated rings. The molecule has 3 rings (SSSR count). The molecular formula is C17H12FNO5. The van der Waals surface area contributed by atoms with Gasteiger partial charge in [0.15, 0.2) is 19.0 Å². The largest absolute Gasteiger partial charge is 0.482 e. The second kappa shape index (κ2) is 6.49. The van der Waals surface area contributed by atoms with E-state index in [1.165, 1.54) is 30.3 Å². The van der Waals surface area contributed by atoms with Gasteiger partial charge in [0.25, 0.3) is 5.91 Å². The Hall–Kier alpha value is -3.22. The van der Waals surface area contributed by atoms with Crippen LogP contribution >= 0.6 is 0 Å². The lowest BCUT2D eigenvalue weighted by Crippen LogP contribution is -2.25. The van der Waals surface area contributed by atoms with Crippen LogP contribution in [-0.4, -0.2) is 30.9 Å². The second-order valence-electron chi connectivity index (χ2n) is 5.06. The minimum atomic E-state index is -0.794. The van der Waals surface area contributed by atoms with Crippen LogP contribution in [0.15, 0.2) is 42.5 Å². The van der Waals surface area contributed by atoms with Gasteiger partial charge in [0.2, 0.25) is 0 Å². The van der Waals surface area contributed by atoms with E-state index in [1.54, 1.807) is 6.07 Å². The number of Topliss-reactive ketones (excluding diaryl/α,β-unsaturated/α-hetero) is 1. The molecule has 122 valence electrons. The van der Waals surface area contributed by atoms with Crippen LogP contribution in [0, 0.1) is 5.82 Å². The molecule has 1 aliphatic heterocycles. The zero-order valence-corrected chi connectivity index (χ0v) is 12.4. The van der Waals surface area contributed by atoms with Crippen molar-refractivity contribution in [1.29, 1.82) is 0 Å². The van der Waals surface area contributed by atoms with E-state index >= 15 is 0 Å². The summed E-state index contributed by atoms with van der Waals surface area (Å²) in [6, 6.07) is 9.50. The summed E-state index contributed by atoms with van der Waals surface area (Å²) in [6.45, 7) is -0.575. The van der Waals surface area contributed by atoms with E-state index in [0.717, 1.165) is 6.07 Å². The monoisotopic (exact) mass is 329 g/mol. The molecule has 0 aliphatic carbocycles. The molecule has 0 spiro atoms. The van der Waals surface area contributed by atoms with Gasteiger partial charge in [-0.15, -0.1) is 0 Å². The summed E-state index contributed by atoms with van der Waals surface area (Å²) in [7, 11) is 0. The third kappa shape index (κ3) is 3.40. The van der Waals surface area contributed by atoms with Gasteiger partial charge in [-0.25, -0.2) is 9.18 Å². The molecule has 2 aromatic rings. The zero-order chi connectivity index (χ0) is 17.1. The number of rotatable bonds is 4. The van der Waals surface area contributed by atoms with Gasteiger partial charge in [0.05, 0.1) is 11.3 Å². The first kappa shape index (κ1) is 15.7. The molecule has 7 heteroatoms. The fourth-order valence-electron chi connectivity index (χ4n) is 2.17. The van der Waals surface area contributed by atoms with Gasteiger partial charge in [0, 0.05) is 5.56 Å². The molecule has 0 unspecified atom stereocenters. The van der Waals surface area contributed by atoms with Crippen LogP contribution in [0.4, 0.5) is 10.1 Å². The molecule has 0 bridgehead atoms.